The minimum Gasteiger partial charge on any atom is -0.458 e. The number of cyclic esters (lactones) is 1. The molecule has 0 bridgehead atoms. The predicted octanol–water partition coefficient (Wildman–Crippen LogP) is 2.43. The van der Waals surface area contributed by atoms with Crippen molar-refractivity contribution in [2.75, 3.05) is 13.7 Å². The maximum absolute atomic E-state index is 13.0. The summed E-state index contributed by atoms with van der Waals surface area (Å²) in [5.74, 6) is -0.420. The van der Waals surface area contributed by atoms with E-state index in [1.165, 1.54) is 0 Å². The van der Waals surface area contributed by atoms with Crippen molar-refractivity contribution >= 4 is 12.3 Å². The molecule has 3 N–H and O–H groups in total. The van der Waals surface area contributed by atoms with E-state index in [0.29, 0.717) is 51.6 Å². The molecule has 9 heteroatoms. The molecule has 5 fully saturated rings. The number of hydrogen-bond donors (Lipinski definition) is 3. The highest BCUT2D eigenvalue weighted by Crippen LogP contribution is 2.70. The van der Waals surface area contributed by atoms with E-state index in [-0.39, 0.29) is 35.9 Å². The first-order chi connectivity index (χ1) is 18.5. The maximum atomic E-state index is 13.0. The summed E-state index contributed by atoms with van der Waals surface area (Å²) in [4.78, 5) is 24.8. The lowest BCUT2D eigenvalue weighted by atomic mass is 9.41. The van der Waals surface area contributed by atoms with Gasteiger partial charge in [-0.25, -0.2) is 4.79 Å². The second-order valence-corrected chi connectivity index (χ2v) is 13.5. The molecule has 0 unspecified atom stereocenters. The third kappa shape index (κ3) is 3.94. The molecule has 4 aliphatic carbocycles. The topological polar surface area (TPSA) is 132 Å². The Labute approximate surface area is 230 Å². The lowest BCUT2D eigenvalue weighted by Gasteiger charge is -2.65. The van der Waals surface area contributed by atoms with E-state index in [9.17, 15) is 24.9 Å². The third-order valence-electron chi connectivity index (χ3n) is 12.1. The minimum atomic E-state index is -1.21. The van der Waals surface area contributed by atoms with Gasteiger partial charge in [0.2, 0.25) is 0 Å². The van der Waals surface area contributed by atoms with E-state index in [4.69, 9.17) is 18.9 Å². The van der Waals surface area contributed by atoms with E-state index >= 15 is 0 Å². The van der Waals surface area contributed by atoms with E-state index < -0.39 is 40.5 Å². The molecule has 0 spiro atoms. The number of ether oxygens (including phenoxy) is 4. The molecule has 0 aromatic rings. The van der Waals surface area contributed by atoms with Gasteiger partial charge in [0.25, 0.3) is 0 Å². The second-order valence-electron chi connectivity index (χ2n) is 13.5. The molecule has 218 valence electrons. The van der Waals surface area contributed by atoms with E-state index in [1.807, 2.05) is 0 Å². The molecule has 0 radical (unpaired) electrons. The zero-order chi connectivity index (χ0) is 27.8. The monoisotopic (exact) mass is 548 g/mol. The number of aldehydes is 1. The smallest absolute Gasteiger partial charge is 0.331 e. The fourth-order valence-corrected chi connectivity index (χ4v) is 9.98. The largest absolute Gasteiger partial charge is 0.458 e. The molecule has 6 rings (SSSR count). The number of carbonyl (C=O) groups excluding carboxylic acids is 2. The summed E-state index contributed by atoms with van der Waals surface area (Å²) in [6, 6.07) is 0. The first-order valence-corrected chi connectivity index (χ1v) is 14.8. The van der Waals surface area contributed by atoms with Gasteiger partial charge in [0.15, 0.2) is 6.29 Å². The van der Waals surface area contributed by atoms with Gasteiger partial charge in [-0.1, -0.05) is 6.92 Å². The highest BCUT2D eigenvalue weighted by Gasteiger charge is 2.71. The Bertz CT molecular complexity index is 1030. The van der Waals surface area contributed by atoms with Gasteiger partial charge in [-0.05, 0) is 81.6 Å². The average molecular weight is 549 g/mol. The minimum absolute atomic E-state index is 0.0827. The summed E-state index contributed by atoms with van der Waals surface area (Å²) < 4.78 is 22.9. The molecule has 1 saturated heterocycles. The van der Waals surface area contributed by atoms with Crippen LogP contribution in [0.25, 0.3) is 0 Å². The molecule has 39 heavy (non-hydrogen) atoms. The fraction of sp³-hybridized carbons (Fsp3) is 0.867. The van der Waals surface area contributed by atoms with Crippen LogP contribution in [-0.2, 0) is 28.5 Å². The summed E-state index contributed by atoms with van der Waals surface area (Å²) in [6.45, 7) is 4.25. The first-order valence-electron chi connectivity index (χ1n) is 14.8. The highest BCUT2D eigenvalue weighted by atomic mass is 16.7. The van der Waals surface area contributed by atoms with Crippen LogP contribution in [0.1, 0.15) is 78.1 Å². The zero-order valence-corrected chi connectivity index (χ0v) is 23.3. The summed E-state index contributed by atoms with van der Waals surface area (Å²) in [7, 11) is 1.57. The standard InChI is InChI=1S/C30H44O9/c1-17-26(33)23(36-3)13-25(38-17)39-19-4-9-28(16-31)21-5-8-27(2)20(18-12-24(32)37-15-18)7-11-30(27,35)22(21)6-10-29(28,34)14-19/h12,16-17,19-23,25-26,33-35H,4-11,13-15H2,1-3H3/t17-,19+,20-,21+,22+,23+,25+,26-,27-,28+,29+,30+/m1/s1. The van der Waals surface area contributed by atoms with Crippen molar-refractivity contribution in [1.29, 1.82) is 0 Å². The van der Waals surface area contributed by atoms with E-state index in [0.717, 1.165) is 31.1 Å². The summed E-state index contributed by atoms with van der Waals surface area (Å²) >= 11 is 0. The summed E-state index contributed by atoms with van der Waals surface area (Å²) in [5, 5.41) is 34.8. The Morgan fingerprint density at radius 1 is 1.08 bits per heavy atom. The molecule has 0 aromatic heterocycles. The van der Waals surface area contributed by atoms with Gasteiger partial charge in [0, 0.05) is 31.4 Å². The van der Waals surface area contributed by atoms with Crippen molar-refractivity contribution in [3.63, 3.8) is 0 Å². The second kappa shape index (κ2) is 9.60. The number of hydrogen-bond acceptors (Lipinski definition) is 9. The predicted molar refractivity (Wildman–Crippen MR) is 138 cm³/mol. The van der Waals surface area contributed by atoms with Crippen molar-refractivity contribution in [2.45, 2.75) is 120 Å². The Balaban J connectivity index is 1.21. The summed E-state index contributed by atoms with van der Waals surface area (Å²) in [6.07, 6.45) is 6.10. The van der Waals surface area contributed by atoms with Crippen LogP contribution in [0.15, 0.2) is 11.6 Å². The van der Waals surface area contributed by atoms with Crippen molar-refractivity contribution in [3.8, 4) is 0 Å². The molecule has 0 amide bonds. The van der Waals surface area contributed by atoms with Crippen LogP contribution < -0.4 is 0 Å². The SMILES string of the molecule is CO[C@H]1C[C@H](O[C@H]2CC[C@]3(C=O)[C@H]4CC[C@]5(C)[C@@H](C6=CC(=O)OC6)CC[C@]5(O)[C@H]4CC[C@]3(O)C2)O[C@H](C)[C@H]1O. The van der Waals surface area contributed by atoms with Crippen molar-refractivity contribution in [1.82, 2.24) is 0 Å². The number of aliphatic hydroxyl groups is 3. The van der Waals surface area contributed by atoms with Gasteiger partial charge in [0.1, 0.15) is 19.0 Å². The lowest BCUT2D eigenvalue weighted by molar-refractivity contribution is -0.287. The highest BCUT2D eigenvalue weighted by molar-refractivity contribution is 5.85. The molecular formula is C30H44O9. The molecule has 2 aliphatic heterocycles. The summed E-state index contributed by atoms with van der Waals surface area (Å²) in [5.41, 5.74) is -2.52. The average Bonchev–Trinajstić information content (AvgIpc) is 3.45. The first kappa shape index (κ1) is 27.8. The molecule has 4 saturated carbocycles. The Kier molecular flexibility index (Phi) is 6.84. The van der Waals surface area contributed by atoms with Gasteiger partial charge >= 0.3 is 5.97 Å². The third-order valence-corrected chi connectivity index (χ3v) is 12.1. The fourth-order valence-electron chi connectivity index (χ4n) is 9.98. The molecule has 6 aliphatic rings. The normalized spacial score (nSPS) is 53.3. The van der Waals surface area contributed by atoms with Gasteiger partial charge < -0.3 is 39.1 Å². The van der Waals surface area contributed by atoms with Crippen LogP contribution >= 0.6 is 0 Å². The molecule has 0 aromatic carbocycles. The van der Waals surface area contributed by atoms with Crippen LogP contribution in [0, 0.1) is 28.6 Å². The van der Waals surface area contributed by atoms with Crippen molar-refractivity contribution in [3.05, 3.63) is 11.6 Å². The number of fused-ring (bicyclic) bond motifs is 5. The van der Waals surface area contributed by atoms with Crippen LogP contribution in [0.2, 0.25) is 0 Å². The quantitative estimate of drug-likeness (QED) is 0.269. The van der Waals surface area contributed by atoms with Gasteiger partial charge in [-0.3, -0.25) is 0 Å². The molecule has 9 nitrogen and oxygen atoms in total. The van der Waals surface area contributed by atoms with Crippen LogP contribution in [-0.4, -0.2) is 83.2 Å². The number of esters is 1. The molecule has 2 heterocycles. The van der Waals surface area contributed by atoms with Crippen molar-refractivity contribution in [2.24, 2.45) is 28.6 Å². The number of carbonyl (C=O) groups is 2. The van der Waals surface area contributed by atoms with Crippen LogP contribution in [0.4, 0.5) is 0 Å². The maximum Gasteiger partial charge on any atom is 0.331 e. The van der Waals surface area contributed by atoms with E-state index in [2.05, 4.69) is 6.92 Å². The van der Waals surface area contributed by atoms with Gasteiger partial charge in [-0.2, -0.15) is 0 Å². The number of aliphatic hydroxyl groups excluding tert-OH is 1. The molecular weight excluding hydrogens is 504 g/mol. The Morgan fingerprint density at radius 3 is 2.54 bits per heavy atom. The van der Waals surface area contributed by atoms with E-state index in [1.54, 1.807) is 20.1 Å². The Morgan fingerprint density at radius 2 is 1.85 bits per heavy atom. The number of rotatable bonds is 5. The van der Waals surface area contributed by atoms with Crippen molar-refractivity contribution < 1.29 is 43.9 Å². The Hall–Kier alpha value is -1.36. The van der Waals surface area contributed by atoms with Gasteiger partial charge in [0.05, 0.1) is 34.9 Å². The zero-order valence-electron chi connectivity index (χ0n) is 23.3. The molecule has 12 atom stereocenters. The number of methoxy groups -OCH3 is 1. The van der Waals surface area contributed by atoms with Crippen LogP contribution in [0.3, 0.4) is 0 Å². The van der Waals surface area contributed by atoms with Gasteiger partial charge in [-0.15, -0.1) is 0 Å². The van der Waals surface area contributed by atoms with Crippen LogP contribution in [0.5, 0.6) is 0 Å². The lowest BCUT2D eigenvalue weighted by Crippen LogP contribution is -2.69.